The molecule has 0 unspecified atom stereocenters. The fourth-order valence-corrected chi connectivity index (χ4v) is 4.23. The number of hydrazone groups is 1. The van der Waals surface area contributed by atoms with Gasteiger partial charge in [-0.05, 0) is 16.8 Å². The van der Waals surface area contributed by atoms with E-state index in [2.05, 4.69) is 34.8 Å². The van der Waals surface area contributed by atoms with Crippen molar-refractivity contribution in [3.8, 4) is 0 Å². The Morgan fingerprint density at radius 2 is 1.63 bits per heavy atom. The molecule has 5 nitrogen and oxygen atoms in total. The van der Waals surface area contributed by atoms with E-state index in [1.165, 1.54) is 15.4 Å². The second-order valence-corrected chi connectivity index (χ2v) is 8.21. The van der Waals surface area contributed by atoms with Crippen molar-refractivity contribution in [3.05, 3.63) is 82.9 Å². The average molecular weight is 423 g/mol. The molecule has 0 aliphatic carbocycles. The van der Waals surface area contributed by atoms with Crippen LogP contribution in [0.5, 0.6) is 0 Å². The number of carbonyl (C=O) groups excluding carboxylic acids is 1. The van der Waals surface area contributed by atoms with E-state index in [0.717, 1.165) is 54.1 Å². The van der Waals surface area contributed by atoms with Crippen molar-refractivity contribution in [2.75, 3.05) is 32.7 Å². The third kappa shape index (κ3) is 5.25. The minimum Gasteiger partial charge on any atom is -0.322 e. The van der Waals surface area contributed by atoms with Crippen molar-refractivity contribution in [1.29, 1.82) is 0 Å². The summed E-state index contributed by atoms with van der Waals surface area (Å²) in [6, 6.07) is 22.3. The number of benzene rings is 3. The zero-order valence-corrected chi connectivity index (χ0v) is 17.7. The zero-order chi connectivity index (χ0) is 20.8. The van der Waals surface area contributed by atoms with Gasteiger partial charge in [-0.15, -0.1) is 0 Å². The van der Waals surface area contributed by atoms with E-state index < -0.39 is 0 Å². The maximum atomic E-state index is 12.3. The van der Waals surface area contributed by atoms with Crippen LogP contribution >= 0.6 is 11.6 Å². The largest absolute Gasteiger partial charge is 0.322 e. The predicted molar refractivity (Wildman–Crippen MR) is 121 cm³/mol. The van der Waals surface area contributed by atoms with E-state index in [-0.39, 0.29) is 5.91 Å². The van der Waals surface area contributed by atoms with Gasteiger partial charge < -0.3 is 9.80 Å². The zero-order valence-electron chi connectivity index (χ0n) is 16.9. The molecule has 6 heteroatoms. The number of fused-ring (bicyclic) bond motifs is 1. The molecule has 3 aromatic carbocycles. The fourth-order valence-electron chi connectivity index (χ4n) is 4.03. The van der Waals surface area contributed by atoms with Crippen molar-refractivity contribution in [2.45, 2.75) is 6.54 Å². The van der Waals surface area contributed by atoms with Gasteiger partial charge >= 0.3 is 0 Å². The fraction of sp³-hybridized carbons (Fsp3) is 0.250. The predicted octanol–water partition coefficient (Wildman–Crippen LogP) is 0.927. The van der Waals surface area contributed by atoms with Crippen molar-refractivity contribution < 1.29 is 14.6 Å². The SMILES string of the molecule is O=C(C[NH+]1CC[NH+](Cc2ccccc2Cl)CC1)NN=Cc1cccc2ccccc12. The molecule has 1 aliphatic heterocycles. The van der Waals surface area contributed by atoms with Crippen LogP contribution in [0, 0.1) is 0 Å². The molecule has 0 bridgehead atoms. The van der Waals surface area contributed by atoms with Crippen molar-refractivity contribution in [3.63, 3.8) is 0 Å². The smallest absolute Gasteiger partial charge is 0.295 e. The van der Waals surface area contributed by atoms with Gasteiger partial charge in [-0.25, -0.2) is 5.43 Å². The minimum atomic E-state index is -0.0453. The van der Waals surface area contributed by atoms with Gasteiger partial charge in [0.25, 0.3) is 5.91 Å². The topological polar surface area (TPSA) is 50.3 Å². The first-order valence-corrected chi connectivity index (χ1v) is 10.8. The highest BCUT2D eigenvalue weighted by Crippen LogP contribution is 2.16. The van der Waals surface area contributed by atoms with Crippen molar-refractivity contribution >= 4 is 34.5 Å². The average Bonchev–Trinajstić information content (AvgIpc) is 2.77. The minimum absolute atomic E-state index is 0.0453. The van der Waals surface area contributed by atoms with E-state index in [1.54, 1.807) is 6.21 Å². The van der Waals surface area contributed by atoms with Crippen LogP contribution in [-0.2, 0) is 11.3 Å². The lowest BCUT2D eigenvalue weighted by Crippen LogP contribution is -3.28. The van der Waals surface area contributed by atoms with Crippen molar-refractivity contribution in [1.82, 2.24) is 5.43 Å². The van der Waals surface area contributed by atoms with Gasteiger partial charge in [-0.3, -0.25) is 4.79 Å². The summed E-state index contributed by atoms with van der Waals surface area (Å²) in [5.41, 5.74) is 4.88. The van der Waals surface area contributed by atoms with Gasteiger partial charge in [0.15, 0.2) is 6.54 Å². The summed E-state index contributed by atoms with van der Waals surface area (Å²) in [7, 11) is 0. The molecule has 0 saturated carbocycles. The van der Waals surface area contributed by atoms with Crippen LogP contribution in [0.25, 0.3) is 10.8 Å². The number of quaternary nitrogens is 2. The number of amides is 1. The summed E-state index contributed by atoms with van der Waals surface area (Å²) in [5, 5.41) is 7.30. The molecule has 154 valence electrons. The van der Waals surface area contributed by atoms with Gasteiger partial charge in [0.2, 0.25) is 0 Å². The normalized spacial score (nSPS) is 19.2. The third-order valence-electron chi connectivity index (χ3n) is 5.69. The number of rotatable bonds is 6. The molecule has 1 aliphatic rings. The van der Waals surface area contributed by atoms with Crippen LogP contribution in [0.4, 0.5) is 0 Å². The quantitative estimate of drug-likeness (QED) is 0.401. The highest BCUT2D eigenvalue weighted by atomic mass is 35.5. The summed E-state index contributed by atoms with van der Waals surface area (Å²) in [4.78, 5) is 15.1. The summed E-state index contributed by atoms with van der Waals surface area (Å²) >= 11 is 6.28. The van der Waals surface area contributed by atoms with E-state index in [4.69, 9.17) is 11.6 Å². The van der Waals surface area contributed by atoms with Crippen LogP contribution < -0.4 is 15.2 Å². The van der Waals surface area contributed by atoms with E-state index in [9.17, 15) is 4.79 Å². The molecular formula is C24H27ClN4O+2. The van der Waals surface area contributed by atoms with Crippen LogP contribution in [0.15, 0.2) is 71.8 Å². The summed E-state index contributed by atoms with van der Waals surface area (Å²) < 4.78 is 0. The molecule has 1 saturated heterocycles. The monoisotopic (exact) mass is 422 g/mol. The number of carbonyl (C=O) groups is 1. The Labute approximate surface area is 181 Å². The van der Waals surface area contributed by atoms with E-state index in [0.29, 0.717) is 6.54 Å². The van der Waals surface area contributed by atoms with Gasteiger partial charge in [-0.2, -0.15) is 5.10 Å². The molecule has 0 spiro atoms. The molecule has 4 rings (SSSR count). The lowest BCUT2D eigenvalue weighted by molar-refractivity contribution is -1.02. The van der Waals surface area contributed by atoms with Crippen LogP contribution in [0.2, 0.25) is 5.02 Å². The van der Waals surface area contributed by atoms with Gasteiger partial charge in [0, 0.05) is 16.1 Å². The lowest BCUT2D eigenvalue weighted by atomic mass is 10.1. The van der Waals surface area contributed by atoms with E-state index >= 15 is 0 Å². The highest BCUT2D eigenvalue weighted by molar-refractivity contribution is 6.31. The Hall–Kier alpha value is -2.73. The molecule has 1 heterocycles. The maximum absolute atomic E-state index is 12.3. The molecule has 0 atom stereocenters. The first-order chi connectivity index (χ1) is 14.7. The second kappa shape index (κ2) is 9.85. The number of halogens is 1. The van der Waals surface area contributed by atoms with Crippen molar-refractivity contribution in [2.24, 2.45) is 5.10 Å². The summed E-state index contributed by atoms with van der Waals surface area (Å²) in [6.07, 6.45) is 1.72. The Bertz CT molecular complexity index is 1040. The number of hydrogen-bond acceptors (Lipinski definition) is 2. The molecule has 1 fully saturated rings. The molecule has 3 N–H and O–H groups in total. The summed E-state index contributed by atoms with van der Waals surface area (Å²) in [6.45, 7) is 5.40. The molecule has 0 aromatic heterocycles. The highest BCUT2D eigenvalue weighted by Gasteiger charge is 2.25. The Morgan fingerprint density at radius 1 is 0.933 bits per heavy atom. The summed E-state index contributed by atoms with van der Waals surface area (Å²) in [5.74, 6) is -0.0453. The van der Waals surface area contributed by atoms with E-state index in [1.807, 2.05) is 42.5 Å². The Balaban J connectivity index is 1.24. The van der Waals surface area contributed by atoms with Gasteiger partial charge in [-0.1, -0.05) is 72.3 Å². The molecular weight excluding hydrogens is 396 g/mol. The number of hydrogen-bond donors (Lipinski definition) is 3. The lowest BCUT2D eigenvalue weighted by Gasteiger charge is -2.29. The Kier molecular flexibility index (Phi) is 6.74. The van der Waals surface area contributed by atoms with Gasteiger partial charge in [0.05, 0.1) is 6.21 Å². The number of nitrogens with one attached hydrogen (secondary N) is 3. The molecule has 0 radical (unpaired) electrons. The molecule has 1 amide bonds. The first kappa shape index (κ1) is 20.5. The third-order valence-corrected chi connectivity index (χ3v) is 6.06. The van der Waals surface area contributed by atoms with Crippen LogP contribution in [-0.4, -0.2) is 44.8 Å². The number of piperazine rings is 1. The molecule has 30 heavy (non-hydrogen) atoms. The second-order valence-electron chi connectivity index (χ2n) is 7.81. The molecule has 3 aromatic rings. The number of nitrogens with zero attached hydrogens (tertiary/aromatic N) is 1. The van der Waals surface area contributed by atoms with Crippen LogP contribution in [0.1, 0.15) is 11.1 Å². The van der Waals surface area contributed by atoms with Gasteiger partial charge in [0.1, 0.15) is 32.7 Å². The Morgan fingerprint density at radius 3 is 2.47 bits per heavy atom. The maximum Gasteiger partial charge on any atom is 0.295 e. The first-order valence-electron chi connectivity index (χ1n) is 10.4. The van der Waals surface area contributed by atoms with Crippen LogP contribution in [0.3, 0.4) is 0 Å². The standard InChI is InChI=1S/C24H25ClN4O/c25-23-11-4-2-7-21(23)17-28-12-14-29(15-13-28)18-24(30)27-26-16-20-9-5-8-19-6-1-3-10-22(19)20/h1-11,16H,12-15,17-18H2,(H,27,30)/p+2.